The second-order valence-electron chi connectivity index (χ2n) is 4.24. The van der Waals surface area contributed by atoms with Crippen LogP contribution >= 0.6 is 0 Å². The maximum Gasteiger partial charge on any atom is 0.0319 e. The summed E-state index contributed by atoms with van der Waals surface area (Å²) < 4.78 is 0. The fourth-order valence-electron chi connectivity index (χ4n) is 2.12. The van der Waals surface area contributed by atoms with Crippen molar-refractivity contribution in [1.29, 1.82) is 0 Å². The van der Waals surface area contributed by atoms with Crippen LogP contribution < -0.4 is 0 Å². The van der Waals surface area contributed by atoms with Crippen molar-refractivity contribution in [3.8, 4) is 0 Å². The zero-order valence-electron chi connectivity index (χ0n) is 11.4. The SMILES string of the molecule is C1CCCCC1.C1CCCCC1.CO.CO. The summed E-state index contributed by atoms with van der Waals surface area (Å²) in [5.41, 5.74) is 0. The second-order valence-corrected chi connectivity index (χ2v) is 4.24. The van der Waals surface area contributed by atoms with Crippen LogP contribution in [0.4, 0.5) is 0 Å². The Morgan fingerprint density at radius 2 is 0.375 bits per heavy atom. The van der Waals surface area contributed by atoms with E-state index in [2.05, 4.69) is 0 Å². The van der Waals surface area contributed by atoms with Crippen LogP contribution in [-0.4, -0.2) is 24.4 Å². The van der Waals surface area contributed by atoms with E-state index in [9.17, 15) is 0 Å². The van der Waals surface area contributed by atoms with Crippen LogP contribution in [0.25, 0.3) is 0 Å². The van der Waals surface area contributed by atoms with Gasteiger partial charge < -0.3 is 10.2 Å². The topological polar surface area (TPSA) is 40.5 Å². The molecule has 2 fully saturated rings. The van der Waals surface area contributed by atoms with Gasteiger partial charge in [0.2, 0.25) is 0 Å². The van der Waals surface area contributed by atoms with Crippen LogP contribution in [0.2, 0.25) is 0 Å². The number of hydrogen-bond acceptors (Lipinski definition) is 2. The third kappa shape index (κ3) is 16.4. The Morgan fingerprint density at radius 1 is 0.312 bits per heavy atom. The molecule has 0 heterocycles. The Labute approximate surface area is 102 Å². The van der Waals surface area contributed by atoms with E-state index in [1.54, 1.807) is 0 Å². The van der Waals surface area contributed by atoms with Crippen LogP contribution in [0.3, 0.4) is 0 Å². The second kappa shape index (κ2) is 20.3. The van der Waals surface area contributed by atoms with Gasteiger partial charge >= 0.3 is 0 Å². The van der Waals surface area contributed by atoms with Crippen LogP contribution in [0.15, 0.2) is 0 Å². The molecule has 0 radical (unpaired) electrons. The van der Waals surface area contributed by atoms with Gasteiger partial charge in [-0.1, -0.05) is 77.0 Å². The van der Waals surface area contributed by atoms with Crippen molar-refractivity contribution >= 4 is 0 Å². The average Bonchev–Trinajstić information content (AvgIpc) is 2.48. The predicted molar refractivity (Wildman–Crippen MR) is 71.7 cm³/mol. The molecule has 16 heavy (non-hydrogen) atoms. The largest absolute Gasteiger partial charge is 0.400 e. The van der Waals surface area contributed by atoms with Crippen LogP contribution in [0.1, 0.15) is 77.0 Å². The van der Waals surface area contributed by atoms with Crippen molar-refractivity contribution < 1.29 is 10.2 Å². The van der Waals surface area contributed by atoms with Gasteiger partial charge in [0.25, 0.3) is 0 Å². The molecule has 0 unspecified atom stereocenters. The molecule has 2 aliphatic rings. The first-order valence-corrected chi connectivity index (χ1v) is 6.89. The van der Waals surface area contributed by atoms with Crippen LogP contribution in [-0.2, 0) is 0 Å². The number of aliphatic hydroxyl groups is 2. The summed E-state index contributed by atoms with van der Waals surface area (Å²) in [6.07, 6.45) is 18.0. The Bertz CT molecular complexity index is 51.7. The standard InChI is InChI=1S/2C6H12.2CH4O/c2*1-2-4-6-5-3-1;2*1-2/h2*1-6H2;2*2H,1H3. The van der Waals surface area contributed by atoms with Gasteiger partial charge in [0.15, 0.2) is 0 Å². The van der Waals surface area contributed by atoms with Gasteiger partial charge in [-0.3, -0.25) is 0 Å². The molecule has 0 aromatic rings. The molecule has 100 valence electrons. The minimum atomic E-state index is 1.00. The normalized spacial score (nSPS) is 18.8. The third-order valence-corrected chi connectivity index (χ3v) is 3.00. The minimum Gasteiger partial charge on any atom is -0.400 e. The van der Waals surface area contributed by atoms with Crippen molar-refractivity contribution in [3.63, 3.8) is 0 Å². The molecule has 0 aromatic heterocycles. The van der Waals surface area contributed by atoms with E-state index in [-0.39, 0.29) is 0 Å². The molecular weight excluding hydrogens is 200 g/mol. The van der Waals surface area contributed by atoms with E-state index in [0.29, 0.717) is 0 Å². The zero-order valence-corrected chi connectivity index (χ0v) is 11.4. The Morgan fingerprint density at radius 3 is 0.438 bits per heavy atom. The summed E-state index contributed by atoms with van der Waals surface area (Å²) in [5, 5.41) is 14.0. The van der Waals surface area contributed by atoms with Crippen molar-refractivity contribution in [2.75, 3.05) is 14.2 Å². The lowest BCUT2D eigenvalue weighted by atomic mass is 10.0. The molecule has 2 rings (SSSR count). The molecule has 0 saturated heterocycles. The van der Waals surface area contributed by atoms with Gasteiger partial charge in [-0.15, -0.1) is 0 Å². The fraction of sp³-hybridized carbons (Fsp3) is 1.00. The molecule has 0 aliphatic heterocycles. The van der Waals surface area contributed by atoms with Crippen molar-refractivity contribution in [1.82, 2.24) is 0 Å². The summed E-state index contributed by atoms with van der Waals surface area (Å²) >= 11 is 0. The first kappa shape index (κ1) is 18.3. The smallest absolute Gasteiger partial charge is 0.0319 e. The monoisotopic (exact) mass is 232 g/mol. The summed E-state index contributed by atoms with van der Waals surface area (Å²) in [6.45, 7) is 0. The fourth-order valence-corrected chi connectivity index (χ4v) is 2.12. The number of aliphatic hydroxyl groups excluding tert-OH is 2. The minimum absolute atomic E-state index is 1.00. The Hall–Kier alpha value is -0.0800. The Kier molecular flexibility index (Phi) is 23.3. The number of hydrogen-bond donors (Lipinski definition) is 2. The lowest BCUT2D eigenvalue weighted by molar-refractivity contribution is 0.399. The van der Waals surface area contributed by atoms with Crippen LogP contribution in [0.5, 0.6) is 0 Å². The molecule has 0 spiro atoms. The predicted octanol–water partition coefficient (Wildman–Crippen LogP) is 3.90. The highest BCUT2D eigenvalue weighted by molar-refractivity contribution is 4.51. The van der Waals surface area contributed by atoms with E-state index >= 15 is 0 Å². The van der Waals surface area contributed by atoms with Crippen molar-refractivity contribution in [3.05, 3.63) is 0 Å². The highest BCUT2D eigenvalue weighted by atomic mass is 16.2. The average molecular weight is 232 g/mol. The molecule has 0 bridgehead atoms. The molecule has 0 atom stereocenters. The number of rotatable bonds is 0. The summed E-state index contributed by atoms with van der Waals surface area (Å²) in [5.74, 6) is 0. The van der Waals surface area contributed by atoms with Gasteiger partial charge in [0.05, 0.1) is 0 Å². The molecule has 2 N–H and O–H groups in total. The third-order valence-electron chi connectivity index (χ3n) is 3.00. The molecule has 2 aliphatic carbocycles. The summed E-state index contributed by atoms with van der Waals surface area (Å²) in [4.78, 5) is 0. The zero-order chi connectivity index (χ0) is 12.5. The summed E-state index contributed by atoms with van der Waals surface area (Å²) in [6, 6.07) is 0. The first-order valence-electron chi connectivity index (χ1n) is 6.89. The van der Waals surface area contributed by atoms with Crippen molar-refractivity contribution in [2.24, 2.45) is 0 Å². The highest BCUT2D eigenvalue weighted by Gasteiger charge is 1.96. The van der Waals surface area contributed by atoms with Gasteiger partial charge in [-0.05, 0) is 0 Å². The summed E-state index contributed by atoms with van der Waals surface area (Å²) in [7, 11) is 2.00. The molecule has 0 aromatic carbocycles. The quantitative estimate of drug-likeness (QED) is 0.665. The molecule has 2 heteroatoms. The van der Waals surface area contributed by atoms with Gasteiger partial charge in [-0.2, -0.15) is 0 Å². The Balaban J connectivity index is 0. The highest BCUT2D eigenvalue weighted by Crippen LogP contribution is 2.15. The van der Waals surface area contributed by atoms with E-state index in [1.807, 2.05) is 0 Å². The molecular formula is C14H32O2. The van der Waals surface area contributed by atoms with E-state index in [0.717, 1.165) is 14.2 Å². The molecule has 0 amide bonds. The van der Waals surface area contributed by atoms with Gasteiger partial charge in [0.1, 0.15) is 0 Å². The molecule has 2 nitrogen and oxygen atoms in total. The van der Waals surface area contributed by atoms with Crippen LogP contribution in [0, 0.1) is 0 Å². The van der Waals surface area contributed by atoms with Crippen molar-refractivity contribution in [2.45, 2.75) is 77.0 Å². The first-order chi connectivity index (χ1) is 8.00. The maximum atomic E-state index is 7.00. The lowest BCUT2D eigenvalue weighted by Gasteiger charge is -2.05. The van der Waals surface area contributed by atoms with Gasteiger partial charge in [-0.25, -0.2) is 0 Å². The molecule has 2 saturated carbocycles. The van der Waals surface area contributed by atoms with E-state index in [4.69, 9.17) is 10.2 Å². The van der Waals surface area contributed by atoms with E-state index in [1.165, 1.54) is 77.0 Å². The van der Waals surface area contributed by atoms with E-state index < -0.39 is 0 Å². The lowest BCUT2D eigenvalue weighted by Crippen LogP contribution is -1.85. The van der Waals surface area contributed by atoms with Gasteiger partial charge in [0, 0.05) is 14.2 Å². The maximum absolute atomic E-state index is 7.00.